The predicted octanol–water partition coefficient (Wildman–Crippen LogP) is 0.528. The number of nitrogens with zero attached hydrogens (tertiary/aromatic N) is 2. The molecule has 1 aliphatic rings. The summed E-state index contributed by atoms with van der Waals surface area (Å²) >= 11 is 1.31. The first kappa shape index (κ1) is 11.7. The zero-order valence-corrected chi connectivity index (χ0v) is 9.77. The molecule has 0 aromatic carbocycles. The molecule has 1 atom stereocenters. The zero-order valence-electron chi connectivity index (χ0n) is 8.95. The van der Waals surface area contributed by atoms with Crippen LogP contribution in [0.1, 0.15) is 5.69 Å². The van der Waals surface area contributed by atoms with E-state index >= 15 is 0 Å². The highest BCUT2D eigenvalue weighted by Gasteiger charge is 2.28. The number of thioether (sulfide) groups is 1. The molecule has 1 aromatic heterocycles. The Balaban J connectivity index is 2.27. The van der Waals surface area contributed by atoms with Gasteiger partial charge in [-0.25, -0.2) is 9.78 Å². The molecular formula is C10H10N2O4S. The SMILES string of the molecule is COC(=O)[C@H]1CSC(c2ncc(O)cc2O)=N1. The molecule has 0 saturated heterocycles. The molecule has 2 rings (SSSR count). The molecule has 90 valence electrons. The molecule has 0 spiro atoms. The zero-order chi connectivity index (χ0) is 12.4. The Hall–Kier alpha value is -1.76. The Kier molecular flexibility index (Phi) is 3.19. The van der Waals surface area contributed by atoms with E-state index in [1.54, 1.807) is 0 Å². The molecule has 7 heteroatoms. The van der Waals surface area contributed by atoms with E-state index in [-0.39, 0.29) is 17.2 Å². The normalized spacial score (nSPS) is 18.9. The number of rotatable bonds is 2. The number of hydrogen-bond acceptors (Lipinski definition) is 7. The maximum Gasteiger partial charge on any atom is 0.331 e. The smallest absolute Gasteiger partial charge is 0.331 e. The van der Waals surface area contributed by atoms with E-state index in [0.717, 1.165) is 0 Å². The Bertz CT molecular complexity index is 489. The second-order valence-electron chi connectivity index (χ2n) is 3.35. The van der Waals surface area contributed by atoms with Gasteiger partial charge < -0.3 is 14.9 Å². The highest BCUT2D eigenvalue weighted by atomic mass is 32.2. The number of hydrogen-bond donors (Lipinski definition) is 2. The van der Waals surface area contributed by atoms with Crippen molar-refractivity contribution in [3.8, 4) is 11.5 Å². The number of pyridine rings is 1. The Labute approximate surface area is 101 Å². The van der Waals surface area contributed by atoms with Crippen LogP contribution in [0.2, 0.25) is 0 Å². The second kappa shape index (κ2) is 4.62. The van der Waals surface area contributed by atoms with Crippen LogP contribution in [-0.4, -0.2) is 45.1 Å². The largest absolute Gasteiger partial charge is 0.506 e. The van der Waals surface area contributed by atoms with Crippen molar-refractivity contribution in [2.75, 3.05) is 12.9 Å². The fourth-order valence-corrected chi connectivity index (χ4v) is 2.39. The summed E-state index contributed by atoms with van der Waals surface area (Å²) in [5.74, 6) is -0.240. The van der Waals surface area contributed by atoms with E-state index in [1.165, 1.54) is 31.1 Å². The number of carbonyl (C=O) groups is 1. The van der Waals surface area contributed by atoms with E-state index in [2.05, 4.69) is 14.7 Å². The van der Waals surface area contributed by atoms with E-state index in [0.29, 0.717) is 10.8 Å². The third-order valence-corrected chi connectivity index (χ3v) is 3.23. The number of carbonyl (C=O) groups excluding carboxylic acids is 1. The van der Waals surface area contributed by atoms with Crippen molar-refractivity contribution in [2.45, 2.75) is 6.04 Å². The van der Waals surface area contributed by atoms with Gasteiger partial charge in [-0.05, 0) is 0 Å². The lowest BCUT2D eigenvalue weighted by Gasteiger charge is -2.02. The van der Waals surface area contributed by atoms with Crippen molar-refractivity contribution in [2.24, 2.45) is 4.99 Å². The summed E-state index contributed by atoms with van der Waals surface area (Å²) in [5, 5.41) is 19.2. The predicted molar refractivity (Wildman–Crippen MR) is 62.4 cm³/mol. The number of aromatic hydroxyl groups is 2. The van der Waals surface area contributed by atoms with Gasteiger partial charge in [-0.3, -0.25) is 4.99 Å². The molecular weight excluding hydrogens is 244 g/mol. The van der Waals surface area contributed by atoms with Gasteiger partial charge in [-0.1, -0.05) is 0 Å². The third-order valence-electron chi connectivity index (χ3n) is 2.18. The summed E-state index contributed by atoms with van der Waals surface area (Å²) in [6.45, 7) is 0. The molecule has 0 saturated carbocycles. The molecule has 0 fully saturated rings. The number of ether oxygens (including phenoxy) is 1. The van der Waals surface area contributed by atoms with Gasteiger partial charge in [0.1, 0.15) is 22.2 Å². The van der Waals surface area contributed by atoms with E-state index in [4.69, 9.17) is 5.11 Å². The molecule has 6 nitrogen and oxygen atoms in total. The first-order valence-corrected chi connectivity index (χ1v) is 5.77. The summed E-state index contributed by atoms with van der Waals surface area (Å²) in [6.07, 6.45) is 1.21. The Morgan fingerprint density at radius 3 is 3.00 bits per heavy atom. The topological polar surface area (TPSA) is 92.0 Å². The van der Waals surface area contributed by atoms with Crippen LogP contribution in [0.5, 0.6) is 11.5 Å². The van der Waals surface area contributed by atoms with Gasteiger partial charge in [0, 0.05) is 11.8 Å². The molecule has 0 radical (unpaired) electrons. The molecule has 0 amide bonds. The van der Waals surface area contributed by atoms with Crippen molar-refractivity contribution in [3.63, 3.8) is 0 Å². The van der Waals surface area contributed by atoms with Crippen molar-refractivity contribution >= 4 is 22.8 Å². The lowest BCUT2D eigenvalue weighted by molar-refractivity contribution is -0.141. The number of methoxy groups -OCH3 is 1. The summed E-state index contributed by atoms with van der Waals surface area (Å²) in [7, 11) is 1.30. The van der Waals surface area contributed by atoms with Crippen molar-refractivity contribution in [1.82, 2.24) is 4.98 Å². The molecule has 2 heterocycles. The maximum atomic E-state index is 11.3. The van der Waals surface area contributed by atoms with Crippen molar-refractivity contribution < 1.29 is 19.7 Å². The number of aromatic nitrogens is 1. The fourth-order valence-electron chi connectivity index (χ4n) is 1.37. The minimum atomic E-state index is -0.560. The van der Waals surface area contributed by atoms with Gasteiger partial charge in [-0.2, -0.15) is 0 Å². The average Bonchev–Trinajstić information content (AvgIpc) is 2.77. The van der Waals surface area contributed by atoms with Crippen LogP contribution in [0.15, 0.2) is 17.3 Å². The summed E-state index contributed by atoms with van der Waals surface area (Å²) < 4.78 is 4.59. The van der Waals surface area contributed by atoms with Gasteiger partial charge in [0.25, 0.3) is 0 Å². The molecule has 2 N–H and O–H groups in total. The minimum absolute atomic E-state index is 0.126. The highest BCUT2D eigenvalue weighted by molar-refractivity contribution is 8.14. The van der Waals surface area contributed by atoms with Crippen LogP contribution in [0.3, 0.4) is 0 Å². The Morgan fingerprint density at radius 1 is 1.59 bits per heavy atom. The van der Waals surface area contributed by atoms with Crippen molar-refractivity contribution in [3.05, 3.63) is 18.0 Å². The highest BCUT2D eigenvalue weighted by Crippen LogP contribution is 2.29. The molecule has 17 heavy (non-hydrogen) atoms. The number of esters is 1. The summed E-state index contributed by atoms with van der Waals surface area (Å²) in [5.41, 5.74) is 0.263. The molecule has 0 aliphatic carbocycles. The van der Waals surface area contributed by atoms with Gasteiger partial charge in [0.2, 0.25) is 0 Å². The van der Waals surface area contributed by atoms with Gasteiger partial charge in [0.05, 0.1) is 13.3 Å². The maximum absolute atomic E-state index is 11.3. The molecule has 1 aromatic rings. The summed E-state index contributed by atoms with van der Waals surface area (Å²) in [4.78, 5) is 19.3. The third kappa shape index (κ3) is 2.33. The van der Waals surface area contributed by atoms with E-state index in [9.17, 15) is 9.90 Å². The monoisotopic (exact) mass is 254 g/mol. The van der Waals surface area contributed by atoms with Crippen LogP contribution >= 0.6 is 11.8 Å². The van der Waals surface area contributed by atoms with Crippen LogP contribution in [0.4, 0.5) is 0 Å². The van der Waals surface area contributed by atoms with Crippen LogP contribution < -0.4 is 0 Å². The second-order valence-corrected chi connectivity index (χ2v) is 4.35. The first-order chi connectivity index (χ1) is 8.11. The van der Waals surface area contributed by atoms with Gasteiger partial charge in [0.15, 0.2) is 6.04 Å². The Morgan fingerprint density at radius 2 is 2.35 bits per heavy atom. The molecule has 0 unspecified atom stereocenters. The first-order valence-electron chi connectivity index (χ1n) is 4.78. The van der Waals surface area contributed by atoms with Crippen molar-refractivity contribution in [1.29, 1.82) is 0 Å². The van der Waals surface area contributed by atoms with E-state index in [1.807, 2.05) is 0 Å². The fraction of sp³-hybridized carbons (Fsp3) is 0.300. The van der Waals surface area contributed by atoms with Crippen LogP contribution in [0.25, 0.3) is 0 Å². The lowest BCUT2D eigenvalue weighted by Crippen LogP contribution is -2.19. The van der Waals surface area contributed by atoms with Gasteiger partial charge >= 0.3 is 5.97 Å². The quantitative estimate of drug-likeness (QED) is 0.748. The standard InChI is InChI=1S/C10H10N2O4S/c1-16-10(15)6-4-17-9(12-6)8-7(14)2-5(13)3-11-8/h2-3,6,13-14H,4H2,1H3/t6-/m1/s1. The number of aliphatic imine (C=N–C) groups is 1. The minimum Gasteiger partial charge on any atom is -0.506 e. The molecule has 1 aliphatic heterocycles. The van der Waals surface area contributed by atoms with E-state index < -0.39 is 12.0 Å². The van der Waals surface area contributed by atoms with Crippen LogP contribution in [0, 0.1) is 0 Å². The lowest BCUT2D eigenvalue weighted by atomic mass is 10.3. The van der Waals surface area contributed by atoms with Crippen LogP contribution in [-0.2, 0) is 9.53 Å². The summed E-state index contributed by atoms with van der Waals surface area (Å²) in [6, 6.07) is 0.617. The average molecular weight is 254 g/mol. The molecule has 0 bridgehead atoms. The van der Waals surface area contributed by atoms with Gasteiger partial charge in [-0.15, -0.1) is 11.8 Å².